The zero-order valence-corrected chi connectivity index (χ0v) is 20.1. The summed E-state index contributed by atoms with van der Waals surface area (Å²) in [6.07, 6.45) is 1.16. The Bertz CT molecular complexity index is 1130. The molecule has 0 unspecified atom stereocenters. The van der Waals surface area contributed by atoms with E-state index in [-0.39, 0.29) is 35.4 Å². The molecule has 1 saturated heterocycles. The molecule has 33 heavy (non-hydrogen) atoms. The van der Waals surface area contributed by atoms with E-state index in [0.717, 1.165) is 22.9 Å². The van der Waals surface area contributed by atoms with Gasteiger partial charge in [0.2, 0.25) is 10.0 Å². The summed E-state index contributed by atoms with van der Waals surface area (Å²) in [7, 11) is -2.44. The van der Waals surface area contributed by atoms with Crippen LogP contribution in [0.1, 0.15) is 51.9 Å². The number of ether oxygens (including phenoxy) is 2. The Kier molecular flexibility index (Phi) is 7.71. The zero-order valence-electron chi connectivity index (χ0n) is 19.3. The number of hydrogen-bond acceptors (Lipinski definition) is 6. The third-order valence-electron chi connectivity index (χ3n) is 5.88. The van der Waals surface area contributed by atoms with Crippen LogP contribution in [0.4, 0.5) is 4.39 Å². The minimum Gasteiger partial charge on any atom is -0.461 e. The molecule has 0 radical (unpaired) electrons. The van der Waals surface area contributed by atoms with Crippen molar-refractivity contribution in [1.82, 2.24) is 8.87 Å². The number of rotatable bonds is 9. The minimum atomic E-state index is -4.09. The monoisotopic (exact) mass is 480 g/mol. The molecular formula is C23H29FN2O6S. The third-order valence-corrected chi connectivity index (χ3v) is 7.71. The predicted molar refractivity (Wildman–Crippen MR) is 119 cm³/mol. The number of carbonyl (C=O) groups is 2. The van der Waals surface area contributed by atoms with Crippen LogP contribution >= 0.6 is 0 Å². The molecule has 8 nitrogen and oxygen atoms in total. The summed E-state index contributed by atoms with van der Waals surface area (Å²) in [4.78, 5) is 25.7. The number of carbonyl (C=O) groups excluding carboxylic acids is 2. The van der Waals surface area contributed by atoms with E-state index in [2.05, 4.69) is 0 Å². The molecule has 0 amide bonds. The highest BCUT2D eigenvalue weighted by molar-refractivity contribution is 7.89. The van der Waals surface area contributed by atoms with E-state index in [1.165, 1.54) is 12.1 Å². The molecule has 0 N–H and O–H groups in total. The Morgan fingerprint density at radius 3 is 2.48 bits per heavy atom. The van der Waals surface area contributed by atoms with Gasteiger partial charge in [-0.05, 0) is 63.4 Å². The van der Waals surface area contributed by atoms with E-state index in [9.17, 15) is 22.4 Å². The fourth-order valence-corrected chi connectivity index (χ4v) is 5.56. The SMILES string of the molecule is CCOC(=O)c1c(C)c(C(=O)CN(C[C@H]2CCCO2)S(=O)(=O)c2ccc(F)cc2)c(C)n1C. The van der Waals surface area contributed by atoms with Gasteiger partial charge in [-0.25, -0.2) is 17.6 Å². The molecule has 1 fully saturated rings. The molecule has 1 aliphatic heterocycles. The number of Topliss-reactive ketones (excluding diaryl/α,β-unsaturated/α-hetero) is 1. The van der Waals surface area contributed by atoms with Crippen LogP contribution in [0.15, 0.2) is 29.2 Å². The lowest BCUT2D eigenvalue weighted by Gasteiger charge is -2.24. The van der Waals surface area contributed by atoms with Gasteiger partial charge in [0.1, 0.15) is 11.5 Å². The van der Waals surface area contributed by atoms with Crippen LogP contribution in [0.25, 0.3) is 0 Å². The summed E-state index contributed by atoms with van der Waals surface area (Å²) >= 11 is 0. The van der Waals surface area contributed by atoms with Crippen molar-refractivity contribution in [3.05, 3.63) is 52.6 Å². The van der Waals surface area contributed by atoms with Crippen LogP contribution in [0.3, 0.4) is 0 Å². The second-order valence-electron chi connectivity index (χ2n) is 8.02. The molecule has 3 rings (SSSR count). The van der Waals surface area contributed by atoms with E-state index >= 15 is 0 Å². The second kappa shape index (κ2) is 10.1. The Morgan fingerprint density at radius 1 is 1.24 bits per heavy atom. The standard InChI is InChI=1S/C23H29FN2O6S/c1-5-31-23(28)22-15(2)21(16(3)25(22)4)20(27)14-26(13-18-7-6-12-32-18)33(29,30)19-10-8-17(24)9-11-19/h8-11,18H,5-7,12-14H2,1-4H3/t18-/m1/s1. The molecule has 1 aliphatic rings. The first kappa shape index (κ1) is 25.1. The van der Waals surface area contributed by atoms with Crippen molar-refractivity contribution in [3.8, 4) is 0 Å². The number of esters is 1. The summed E-state index contributed by atoms with van der Waals surface area (Å²) in [5.74, 6) is -1.55. The molecule has 1 aromatic carbocycles. The molecule has 2 heterocycles. The summed E-state index contributed by atoms with van der Waals surface area (Å²) in [6.45, 7) is 5.32. The van der Waals surface area contributed by atoms with Crippen LogP contribution < -0.4 is 0 Å². The number of sulfonamides is 1. The van der Waals surface area contributed by atoms with Crippen LogP contribution in [-0.4, -0.2) is 61.4 Å². The molecule has 0 bridgehead atoms. The Labute approximate surface area is 193 Å². The van der Waals surface area contributed by atoms with Gasteiger partial charge in [0, 0.05) is 31.5 Å². The second-order valence-corrected chi connectivity index (χ2v) is 9.96. The quantitative estimate of drug-likeness (QED) is 0.405. The summed E-state index contributed by atoms with van der Waals surface area (Å²) in [5.41, 5.74) is 1.52. The molecular weight excluding hydrogens is 451 g/mol. The lowest BCUT2D eigenvalue weighted by Crippen LogP contribution is -2.41. The number of benzene rings is 1. The predicted octanol–water partition coefficient (Wildman–Crippen LogP) is 3.01. The highest BCUT2D eigenvalue weighted by atomic mass is 32.2. The van der Waals surface area contributed by atoms with Crippen molar-refractivity contribution in [2.75, 3.05) is 26.3 Å². The van der Waals surface area contributed by atoms with E-state index in [0.29, 0.717) is 24.3 Å². The number of halogens is 1. The summed E-state index contributed by atoms with van der Waals surface area (Å²) < 4.78 is 53.4. The number of aromatic nitrogens is 1. The van der Waals surface area contributed by atoms with Gasteiger partial charge in [0.25, 0.3) is 0 Å². The van der Waals surface area contributed by atoms with E-state index < -0.39 is 34.1 Å². The van der Waals surface area contributed by atoms with Gasteiger partial charge in [-0.15, -0.1) is 0 Å². The Hall–Kier alpha value is -2.56. The van der Waals surface area contributed by atoms with E-state index in [1.807, 2.05) is 0 Å². The van der Waals surface area contributed by atoms with Crippen LogP contribution in [-0.2, 0) is 26.5 Å². The fourth-order valence-electron chi connectivity index (χ4n) is 4.14. The van der Waals surface area contributed by atoms with Gasteiger partial charge in [-0.2, -0.15) is 4.31 Å². The van der Waals surface area contributed by atoms with Gasteiger partial charge in [-0.1, -0.05) is 0 Å². The first-order valence-electron chi connectivity index (χ1n) is 10.8. The van der Waals surface area contributed by atoms with E-state index in [4.69, 9.17) is 9.47 Å². The van der Waals surface area contributed by atoms with Crippen LogP contribution in [0.2, 0.25) is 0 Å². The zero-order chi connectivity index (χ0) is 24.3. The lowest BCUT2D eigenvalue weighted by atomic mass is 10.1. The van der Waals surface area contributed by atoms with Crippen molar-refractivity contribution in [2.45, 2.75) is 44.6 Å². The maximum atomic E-state index is 13.4. The molecule has 0 spiro atoms. The highest BCUT2D eigenvalue weighted by Gasteiger charge is 2.33. The molecule has 2 aromatic rings. The minimum absolute atomic E-state index is 0.00110. The average Bonchev–Trinajstić information content (AvgIpc) is 3.34. The van der Waals surface area contributed by atoms with Crippen molar-refractivity contribution in [1.29, 1.82) is 0 Å². The normalized spacial score (nSPS) is 16.4. The van der Waals surface area contributed by atoms with Crippen molar-refractivity contribution < 1.29 is 31.9 Å². The maximum Gasteiger partial charge on any atom is 0.355 e. The lowest BCUT2D eigenvalue weighted by molar-refractivity contribution is 0.0514. The van der Waals surface area contributed by atoms with Crippen molar-refractivity contribution >= 4 is 21.8 Å². The van der Waals surface area contributed by atoms with Crippen molar-refractivity contribution in [3.63, 3.8) is 0 Å². The van der Waals surface area contributed by atoms with Gasteiger partial charge >= 0.3 is 5.97 Å². The van der Waals surface area contributed by atoms with Crippen LogP contribution in [0, 0.1) is 19.7 Å². The van der Waals surface area contributed by atoms with Gasteiger partial charge in [-0.3, -0.25) is 4.79 Å². The number of ketones is 1. The maximum absolute atomic E-state index is 13.4. The van der Waals surface area contributed by atoms with E-state index in [1.54, 1.807) is 32.4 Å². The Balaban J connectivity index is 1.96. The molecule has 1 aromatic heterocycles. The first-order valence-corrected chi connectivity index (χ1v) is 12.2. The number of nitrogens with zero attached hydrogens (tertiary/aromatic N) is 2. The topological polar surface area (TPSA) is 94.9 Å². The number of hydrogen-bond donors (Lipinski definition) is 0. The summed E-state index contributed by atoms with van der Waals surface area (Å²) in [6, 6.07) is 4.48. The van der Waals surface area contributed by atoms with Crippen LogP contribution in [0.5, 0.6) is 0 Å². The average molecular weight is 481 g/mol. The molecule has 0 saturated carbocycles. The third kappa shape index (κ3) is 5.18. The molecule has 180 valence electrons. The highest BCUT2D eigenvalue weighted by Crippen LogP contribution is 2.25. The molecule has 0 aliphatic carbocycles. The summed E-state index contributed by atoms with van der Waals surface area (Å²) in [5, 5.41) is 0. The first-order chi connectivity index (χ1) is 15.6. The Morgan fingerprint density at radius 2 is 1.91 bits per heavy atom. The smallest absolute Gasteiger partial charge is 0.355 e. The van der Waals surface area contributed by atoms with Crippen molar-refractivity contribution in [2.24, 2.45) is 7.05 Å². The van der Waals surface area contributed by atoms with Gasteiger partial charge < -0.3 is 14.0 Å². The fraction of sp³-hybridized carbons (Fsp3) is 0.478. The molecule has 10 heteroatoms. The van der Waals surface area contributed by atoms with Gasteiger partial charge in [0.05, 0.1) is 24.2 Å². The molecule has 1 atom stereocenters. The largest absolute Gasteiger partial charge is 0.461 e. The van der Waals surface area contributed by atoms with Gasteiger partial charge in [0.15, 0.2) is 5.78 Å².